The van der Waals surface area contributed by atoms with Gasteiger partial charge in [-0.3, -0.25) is 4.79 Å². The van der Waals surface area contributed by atoms with Crippen molar-refractivity contribution in [3.63, 3.8) is 0 Å². The van der Waals surface area contributed by atoms with Gasteiger partial charge in [0.15, 0.2) is 0 Å². The van der Waals surface area contributed by atoms with Gasteiger partial charge in [0.1, 0.15) is 5.75 Å². The second kappa shape index (κ2) is 8.19. The molecule has 1 aliphatic rings. The first kappa shape index (κ1) is 18.5. The molecule has 1 fully saturated rings. The van der Waals surface area contributed by atoms with E-state index in [4.69, 9.17) is 10.5 Å². The maximum absolute atomic E-state index is 12.5. The third kappa shape index (κ3) is 4.47. The van der Waals surface area contributed by atoms with Crippen molar-refractivity contribution in [2.24, 2.45) is 11.7 Å². The molecular formula is C15H22ClIN2O2. The first-order valence-corrected chi connectivity index (χ1v) is 7.99. The summed E-state index contributed by atoms with van der Waals surface area (Å²) in [4.78, 5) is 14.5. The summed E-state index contributed by atoms with van der Waals surface area (Å²) in [6, 6.07) is 5.79. The lowest BCUT2D eigenvalue weighted by Crippen LogP contribution is -2.42. The van der Waals surface area contributed by atoms with Crippen molar-refractivity contribution in [2.45, 2.75) is 25.8 Å². The Bertz CT molecular complexity index is 489. The Hall–Kier alpha value is -0.530. The molecule has 2 rings (SSSR count). The Labute approximate surface area is 145 Å². The fourth-order valence-electron chi connectivity index (χ4n) is 2.59. The summed E-state index contributed by atoms with van der Waals surface area (Å²) in [5.41, 5.74) is 6.69. The van der Waals surface area contributed by atoms with E-state index in [0.717, 1.165) is 40.8 Å². The number of methoxy groups -OCH3 is 1. The van der Waals surface area contributed by atoms with Gasteiger partial charge in [-0.1, -0.05) is 0 Å². The van der Waals surface area contributed by atoms with Gasteiger partial charge in [0.2, 0.25) is 0 Å². The summed E-state index contributed by atoms with van der Waals surface area (Å²) >= 11 is 2.19. The first-order chi connectivity index (χ1) is 9.52. The molecule has 0 aromatic heterocycles. The number of ether oxygens (including phenoxy) is 1. The molecule has 6 heteroatoms. The highest BCUT2D eigenvalue weighted by Gasteiger charge is 2.26. The Morgan fingerprint density at radius 2 is 2.05 bits per heavy atom. The normalized spacial score (nSPS) is 17.0. The summed E-state index contributed by atoms with van der Waals surface area (Å²) < 4.78 is 6.10. The molecule has 118 valence electrons. The second-order valence-electron chi connectivity index (χ2n) is 5.33. The highest BCUT2D eigenvalue weighted by molar-refractivity contribution is 14.1. The van der Waals surface area contributed by atoms with E-state index in [-0.39, 0.29) is 24.4 Å². The van der Waals surface area contributed by atoms with E-state index in [1.807, 2.05) is 23.1 Å². The minimum atomic E-state index is 0. The average molecular weight is 425 g/mol. The van der Waals surface area contributed by atoms with Crippen molar-refractivity contribution < 1.29 is 9.53 Å². The van der Waals surface area contributed by atoms with Crippen molar-refractivity contribution in [1.29, 1.82) is 0 Å². The van der Waals surface area contributed by atoms with Crippen LogP contribution in [0.5, 0.6) is 5.75 Å². The number of halogens is 2. The van der Waals surface area contributed by atoms with Gasteiger partial charge >= 0.3 is 0 Å². The van der Waals surface area contributed by atoms with Gasteiger partial charge in [0.25, 0.3) is 5.91 Å². The third-order valence-electron chi connectivity index (χ3n) is 3.98. The third-order valence-corrected chi connectivity index (χ3v) is 4.87. The maximum atomic E-state index is 12.5. The lowest BCUT2D eigenvalue weighted by atomic mass is 9.90. The summed E-state index contributed by atoms with van der Waals surface area (Å²) in [6.07, 6.45) is 1.99. The quantitative estimate of drug-likeness (QED) is 0.759. The van der Waals surface area contributed by atoms with Crippen LogP contribution in [0.2, 0.25) is 0 Å². The molecule has 0 bridgehead atoms. The van der Waals surface area contributed by atoms with Crippen molar-refractivity contribution in [1.82, 2.24) is 4.90 Å². The number of likely N-dealkylation sites (tertiary alicyclic amines) is 1. The molecule has 1 unspecified atom stereocenters. The minimum absolute atomic E-state index is 0. The molecule has 4 nitrogen and oxygen atoms in total. The number of amides is 1. The molecule has 1 aromatic rings. The molecule has 21 heavy (non-hydrogen) atoms. The van der Waals surface area contributed by atoms with E-state index >= 15 is 0 Å². The number of carbonyl (C=O) groups is 1. The van der Waals surface area contributed by atoms with E-state index in [0.29, 0.717) is 5.92 Å². The van der Waals surface area contributed by atoms with Crippen molar-refractivity contribution in [3.05, 3.63) is 27.3 Å². The molecule has 2 N–H and O–H groups in total. The number of benzene rings is 1. The number of hydrogen-bond acceptors (Lipinski definition) is 3. The summed E-state index contributed by atoms with van der Waals surface area (Å²) in [7, 11) is 1.63. The molecule has 0 saturated carbocycles. The highest BCUT2D eigenvalue weighted by Crippen LogP contribution is 2.24. The molecule has 1 amide bonds. The zero-order valence-electron chi connectivity index (χ0n) is 12.3. The molecule has 1 heterocycles. The molecule has 0 aliphatic carbocycles. The Morgan fingerprint density at radius 1 is 1.43 bits per heavy atom. The van der Waals surface area contributed by atoms with Crippen LogP contribution in [0.25, 0.3) is 0 Å². The van der Waals surface area contributed by atoms with E-state index in [1.165, 1.54) is 0 Å². The van der Waals surface area contributed by atoms with E-state index in [1.54, 1.807) is 7.11 Å². The minimum Gasteiger partial charge on any atom is -0.497 e. The number of nitrogens with two attached hydrogens (primary N) is 1. The van der Waals surface area contributed by atoms with E-state index in [2.05, 4.69) is 29.5 Å². The predicted octanol–water partition coefficient (Wildman–Crippen LogP) is 2.92. The lowest BCUT2D eigenvalue weighted by Gasteiger charge is -2.34. The Balaban J connectivity index is 0.00000220. The van der Waals surface area contributed by atoms with Crippen LogP contribution in [-0.4, -0.2) is 37.0 Å². The summed E-state index contributed by atoms with van der Waals surface area (Å²) in [6.45, 7) is 3.65. The number of nitrogens with zero attached hydrogens (tertiary/aromatic N) is 1. The smallest absolute Gasteiger partial charge is 0.254 e. The average Bonchev–Trinajstić information content (AvgIpc) is 2.46. The number of carbonyl (C=O) groups excluding carboxylic acids is 1. The molecule has 0 spiro atoms. The van der Waals surface area contributed by atoms with Gasteiger partial charge in [-0.2, -0.15) is 0 Å². The first-order valence-electron chi connectivity index (χ1n) is 6.91. The standard InChI is InChI=1S/C15H21IN2O2.ClH/c1-10(17)11-5-7-18(8-6-11)15(19)13-4-3-12(20-2)9-14(13)16;/h3-4,9-11H,5-8,17H2,1-2H3;1H. The zero-order valence-corrected chi connectivity index (χ0v) is 15.3. The summed E-state index contributed by atoms with van der Waals surface area (Å²) in [5, 5.41) is 0. The van der Waals surface area contributed by atoms with Gasteiger partial charge in [-0.15, -0.1) is 12.4 Å². The number of hydrogen-bond donors (Lipinski definition) is 1. The maximum Gasteiger partial charge on any atom is 0.254 e. The highest BCUT2D eigenvalue weighted by atomic mass is 127. The fourth-order valence-corrected chi connectivity index (χ4v) is 3.31. The van der Waals surface area contributed by atoms with Gasteiger partial charge in [-0.05, 0) is 66.5 Å². The van der Waals surface area contributed by atoms with E-state index in [9.17, 15) is 4.79 Å². The van der Waals surface area contributed by atoms with Gasteiger partial charge in [0, 0.05) is 22.7 Å². The Kier molecular flexibility index (Phi) is 7.23. The van der Waals surface area contributed by atoms with Crippen LogP contribution < -0.4 is 10.5 Å². The van der Waals surface area contributed by atoms with E-state index < -0.39 is 0 Å². The second-order valence-corrected chi connectivity index (χ2v) is 6.50. The molecule has 1 aliphatic heterocycles. The monoisotopic (exact) mass is 424 g/mol. The molecule has 1 saturated heterocycles. The van der Waals surface area contributed by atoms with Gasteiger partial charge < -0.3 is 15.4 Å². The van der Waals surface area contributed by atoms with Crippen LogP contribution in [0.1, 0.15) is 30.1 Å². The fraction of sp³-hybridized carbons (Fsp3) is 0.533. The number of rotatable bonds is 3. The molecule has 1 atom stereocenters. The van der Waals surface area contributed by atoms with Crippen LogP contribution in [-0.2, 0) is 0 Å². The Morgan fingerprint density at radius 3 is 2.52 bits per heavy atom. The number of piperidine rings is 1. The SMILES string of the molecule is COc1ccc(C(=O)N2CCC(C(C)N)CC2)c(I)c1.Cl. The largest absolute Gasteiger partial charge is 0.497 e. The van der Waals surface area contributed by atoms with Crippen LogP contribution in [0, 0.1) is 9.49 Å². The summed E-state index contributed by atoms with van der Waals surface area (Å²) in [5.74, 6) is 1.43. The van der Waals surface area contributed by atoms with Crippen molar-refractivity contribution in [3.8, 4) is 5.75 Å². The van der Waals surface area contributed by atoms with Crippen molar-refractivity contribution in [2.75, 3.05) is 20.2 Å². The van der Waals surface area contributed by atoms with Gasteiger partial charge in [-0.25, -0.2) is 0 Å². The molecular weight excluding hydrogens is 403 g/mol. The van der Waals surface area contributed by atoms with Gasteiger partial charge in [0.05, 0.1) is 12.7 Å². The molecule has 1 aromatic carbocycles. The van der Waals surface area contributed by atoms with Crippen LogP contribution in [0.3, 0.4) is 0 Å². The molecule has 0 radical (unpaired) electrons. The topological polar surface area (TPSA) is 55.6 Å². The lowest BCUT2D eigenvalue weighted by molar-refractivity contribution is 0.0680. The predicted molar refractivity (Wildman–Crippen MR) is 95.2 cm³/mol. The van der Waals surface area contributed by atoms with Crippen LogP contribution in [0.15, 0.2) is 18.2 Å². The van der Waals surface area contributed by atoms with Crippen molar-refractivity contribution >= 4 is 40.9 Å². The van der Waals surface area contributed by atoms with Crippen LogP contribution in [0.4, 0.5) is 0 Å². The zero-order chi connectivity index (χ0) is 14.7. The van der Waals surface area contributed by atoms with Crippen LogP contribution >= 0.6 is 35.0 Å².